The molecule has 0 aromatic heterocycles. The van der Waals surface area contributed by atoms with Crippen LogP contribution >= 0.6 is 0 Å². The molecule has 0 saturated heterocycles. The molecule has 0 heteroatoms. The minimum atomic E-state index is 1.24. The molecule has 0 nitrogen and oxygen atoms in total. The molecule has 16 rings (SSSR count). The van der Waals surface area contributed by atoms with E-state index in [0.717, 1.165) is 0 Å². The number of benzene rings is 13. The largest absolute Gasteiger partial charge is 0.0622 e. The van der Waals surface area contributed by atoms with Gasteiger partial charge in [-0.1, -0.05) is 218 Å². The van der Waals surface area contributed by atoms with Crippen LogP contribution in [-0.4, -0.2) is 0 Å². The molecular weight excluding hydrogens is 817 g/mol. The summed E-state index contributed by atoms with van der Waals surface area (Å²) in [6.45, 7) is 0. The van der Waals surface area contributed by atoms with E-state index in [0.29, 0.717) is 0 Å². The third kappa shape index (κ3) is 4.64. The van der Waals surface area contributed by atoms with Gasteiger partial charge in [0.05, 0.1) is 0 Å². The van der Waals surface area contributed by atoms with Crippen molar-refractivity contribution in [2.24, 2.45) is 0 Å². The minimum absolute atomic E-state index is 1.24. The van der Waals surface area contributed by atoms with Gasteiger partial charge in [-0.25, -0.2) is 0 Å². The van der Waals surface area contributed by atoms with E-state index in [1.54, 1.807) is 0 Å². The van der Waals surface area contributed by atoms with Crippen LogP contribution in [0.4, 0.5) is 0 Å². The Morgan fingerprint density at radius 2 is 0.574 bits per heavy atom. The lowest BCUT2D eigenvalue weighted by Gasteiger charge is -2.21. The van der Waals surface area contributed by atoms with Crippen molar-refractivity contribution in [2.75, 3.05) is 0 Å². The van der Waals surface area contributed by atoms with E-state index >= 15 is 0 Å². The molecule has 15 aromatic carbocycles. The van der Waals surface area contributed by atoms with E-state index < -0.39 is 0 Å². The van der Waals surface area contributed by atoms with Crippen LogP contribution in [0.2, 0.25) is 0 Å². The van der Waals surface area contributed by atoms with Gasteiger partial charge in [0.15, 0.2) is 0 Å². The molecule has 15 aromatic rings. The van der Waals surface area contributed by atoms with Crippen LogP contribution in [0, 0.1) is 0 Å². The van der Waals surface area contributed by atoms with E-state index in [1.165, 1.54) is 164 Å². The summed E-state index contributed by atoms with van der Waals surface area (Å²) in [5, 5.41) is 23.7. The summed E-state index contributed by atoms with van der Waals surface area (Å²) in [6, 6.07) is 86.8. The van der Waals surface area contributed by atoms with Gasteiger partial charge in [0.1, 0.15) is 0 Å². The maximum Gasteiger partial charge on any atom is -0.000697 e. The molecule has 0 fully saturated rings. The van der Waals surface area contributed by atoms with Crippen LogP contribution in [-0.2, 0) is 0 Å². The first-order chi connectivity index (χ1) is 33.8. The highest BCUT2D eigenvalue weighted by atomic mass is 14.3. The van der Waals surface area contributed by atoms with Crippen molar-refractivity contribution in [1.82, 2.24) is 0 Å². The molecule has 0 spiro atoms. The summed E-state index contributed by atoms with van der Waals surface area (Å²) in [7, 11) is 0. The minimum Gasteiger partial charge on any atom is -0.0622 e. The van der Waals surface area contributed by atoms with Crippen LogP contribution in [0.25, 0.3) is 164 Å². The number of fused-ring (bicyclic) bond motifs is 12. The van der Waals surface area contributed by atoms with Crippen LogP contribution in [0.1, 0.15) is 0 Å². The SMILES string of the molecule is c1ccc(-c2c3c(c(-c4ccccc4)c4cc5ccccc5cc24)-c2ccc(-c4ccc5c6c(-c7ccccc7)c7cccc8c9ccccc9c(c78)c6c6cccc4c56)c4cccc-3c24)cc1. The van der Waals surface area contributed by atoms with Gasteiger partial charge in [-0.2, -0.15) is 0 Å². The predicted molar refractivity (Wildman–Crippen MR) is 293 cm³/mol. The first-order valence-electron chi connectivity index (χ1n) is 23.8. The Morgan fingerprint density at radius 1 is 0.162 bits per heavy atom. The van der Waals surface area contributed by atoms with Gasteiger partial charge < -0.3 is 0 Å². The van der Waals surface area contributed by atoms with Gasteiger partial charge in [-0.05, 0) is 176 Å². The fourth-order valence-electron chi connectivity index (χ4n) is 13.1. The summed E-state index contributed by atoms with van der Waals surface area (Å²) in [4.78, 5) is 0. The fourth-order valence-corrected chi connectivity index (χ4v) is 13.1. The molecule has 0 bridgehead atoms. The van der Waals surface area contributed by atoms with Crippen LogP contribution in [0.5, 0.6) is 0 Å². The second-order valence-electron chi connectivity index (χ2n) is 18.9. The van der Waals surface area contributed by atoms with Gasteiger partial charge >= 0.3 is 0 Å². The van der Waals surface area contributed by atoms with Gasteiger partial charge in [-0.15, -0.1) is 0 Å². The quantitative estimate of drug-likeness (QED) is 0.155. The molecule has 68 heavy (non-hydrogen) atoms. The van der Waals surface area contributed by atoms with Gasteiger partial charge in [0, 0.05) is 0 Å². The molecule has 0 atom stereocenters. The summed E-state index contributed by atoms with van der Waals surface area (Å²) >= 11 is 0. The molecule has 0 amide bonds. The Morgan fingerprint density at radius 3 is 1.22 bits per heavy atom. The topological polar surface area (TPSA) is 0 Å². The zero-order chi connectivity index (χ0) is 44.2. The molecule has 1 aliphatic carbocycles. The van der Waals surface area contributed by atoms with Crippen molar-refractivity contribution in [1.29, 1.82) is 0 Å². The fraction of sp³-hybridized carbons (Fsp3) is 0. The predicted octanol–water partition coefficient (Wildman–Crippen LogP) is 19.3. The Balaban J connectivity index is 1.03. The second kappa shape index (κ2) is 13.4. The van der Waals surface area contributed by atoms with E-state index in [1.807, 2.05) is 0 Å². The molecule has 0 heterocycles. The van der Waals surface area contributed by atoms with Gasteiger partial charge in [-0.3, -0.25) is 0 Å². The highest BCUT2D eigenvalue weighted by Gasteiger charge is 2.32. The summed E-state index contributed by atoms with van der Waals surface area (Å²) in [5.41, 5.74) is 15.4. The molecule has 0 saturated carbocycles. The summed E-state index contributed by atoms with van der Waals surface area (Å²) in [5.74, 6) is 0. The summed E-state index contributed by atoms with van der Waals surface area (Å²) in [6.07, 6.45) is 0. The van der Waals surface area contributed by atoms with Crippen LogP contribution in [0.15, 0.2) is 231 Å². The van der Waals surface area contributed by atoms with Gasteiger partial charge in [0.25, 0.3) is 0 Å². The average Bonchev–Trinajstić information content (AvgIpc) is 4.04. The smallest absolute Gasteiger partial charge is 0.000697 e. The molecule has 1 aliphatic rings. The number of hydrogen-bond acceptors (Lipinski definition) is 0. The molecule has 310 valence electrons. The van der Waals surface area contributed by atoms with Crippen molar-refractivity contribution >= 4 is 97.0 Å². The maximum absolute atomic E-state index is 2.44. The maximum atomic E-state index is 2.44. The Kier molecular flexibility index (Phi) is 7.16. The highest BCUT2D eigenvalue weighted by molar-refractivity contribution is 6.48. The molecule has 0 unspecified atom stereocenters. The normalized spacial score (nSPS) is 12.4. The Hall–Kier alpha value is -8.84. The second-order valence-corrected chi connectivity index (χ2v) is 18.9. The first-order valence-corrected chi connectivity index (χ1v) is 23.8. The lowest BCUT2D eigenvalue weighted by molar-refractivity contribution is 1.63. The van der Waals surface area contributed by atoms with Crippen LogP contribution in [0.3, 0.4) is 0 Å². The first kappa shape index (κ1) is 36.4. The zero-order valence-electron chi connectivity index (χ0n) is 36.9. The third-order valence-electron chi connectivity index (χ3n) is 15.6. The monoisotopic (exact) mass is 854 g/mol. The van der Waals surface area contributed by atoms with Crippen molar-refractivity contribution < 1.29 is 0 Å². The molecule has 0 N–H and O–H groups in total. The number of rotatable bonds is 4. The molecule has 0 radical (unpaired) electrons. The van der Waals surface area contributed by atoms with Crippen molar-refractivity contribution in [3.05, 3.63) is 231 Å². The van der Waals surface area contributed by atoms with E-state index in [2.05, 4.69) is 231 Å². The zero-order valence-corrected chi connectivity index (χ0v) is 36.9. The standard InChI is InChI=1S/C68H38/c1-4-17-39(18-5-1)58-51-30-16-29-49-44-25-12-13-26-50(44)64(63(49)51)68-53-32-15-28-48-46(33-35-54(62(48)53)66(58)68)45-34-36-55-61-47(45)27-14-31-52(61)65-59(40-19-6-2-7-20-40)56-37-42-23-10-11-24-43(42)38-57(56)60(67(55)65)41-21-8-3-9-22-41/h1-38H. The van der Waals surface area contributed by atoms with Crippen molar-refractivity contribution in [3.63, 3.8) is 0 Å². The molecule has 0 aliphatic heterocycles. The number of hydrogen-bond donors (Lipinski definition) is 0. The highest BCUT2D eigenvalue weighted by Crippen LogP contribution is 2.60. The summed E-state index contributed by atoms with van der Waals surface area (Å²) < 4.78 is 0. The van der Waals surface area contributed by atoms with E-state index in [-0.39, 0.29) is 0 Å². The third-order valence-corrected chi connectivity index (χ3v) is 15.6. The van der Waals surface area contributed by atoms with Crippen molar-refractivity contribution in [3.8, 4) is 66.8 Å². The Bertz CT molecular complexity index is 4510. The lowest BCUT2D eigenvalue weighted by Crippen LogP contribution is -1.94. The van der Waals surface area contributed by atoms with Crippen molar-refractivity contribution in [2.45, 2.75) is 0 Å². The Labute approximate surface area is 392 Å². The van der Waals surface area contributed by atoms with E-state index in [9.17, 15) is 0 Å². The molecular formula is C68H38. The lowest BCUT2D eigenvalue weighted by atomic mass is 9.82. The van der Waals surface area contributed by atoms with Gasteiger partial charge in [0.2, 0.25) is 0 Å². The van der Waals surface area contributed by atoms with Crippen LogP contribution < -0.4 is 0 Å². The average molecular weight is 855 g/mol. The van der Waals surface area contributed by atoms with E-state index in [4.69, 9.17) is 0 Å².